The predicted molar refractivity (Wildman–Crippen MR) is 87.2 cm³/mol. The molecule has 1 fully saturated rings. The van der Waals surface area contributed by atoms with Crippen LogP contribution >= 0.6 is 11.3 Å². The van der Waals surface area contributed by atoms with E-state index in [-0.39, 0.29) is 0 Å². The average Bonchev–Trinajstić information content (AvgIpc) is 2.90. The Bertz CT molecular complexity index is 483. The molecule has 1 aliphatic carbocycles. The highest BCUT2D eigenvalue weighted by Gasteiger charge is 2.20. The molecule has 3 rings (SSSR count). The van der Waals surface area contributed by atoms with Crippen LogP contribution in [0.1, 0.15) is 55.0 Å². The standard InChI is InChI=1S/C18H23NS/c1-2-7-12-16(11-6-1)19-18(17-13-8-14-20-17)15-9-4-3-5-10-15/h3-5,8-10,13-14,16,18-19H,1-2,6-7,11-12H2. The second kappa shape index (κ2) is 7.05. The van der Waals surface area contributed by atoms with Crippen molar-refractivity contribution >= 4 is 11.3 Å². The fraction of sp³-hybridized carbons (Fsp3) is 0.444. The maximum Gasteiger partial charge on any atom is 0.0673 e. The lowest BCUT2D eigenvalue weighted by molar-refractivity contribution is 0.430. The molecule has 1 nitrogen and oxygen atoms in total. The van der Waals surface area contributed by atoms with Gasteiger partial charge in [0.05, 0.1) is 6.04 Å². The van der Waals surface area contributed by atoms with Crippen molar-refractivity contribution in [2.24, 2.45) is 0 Å². The second-order valence-corrected chi connectivity index (χ2v) is 6.69. The zero-order valence-electron chi connectivity index (χ0n) is 11.9. The van der Waals surface area contributed by atoms with Gasteiger partial charge in [-0.2, -0.15) is 0 Å². The number of hydrogen-bond acceptors (Lipinski definition) is 2. The van der Waals surface area contributed by atoms with E-state index in [2.05, 4.69) is 53.2 Å². The maximum absolute atomic E-state index is 3.93. The van der Waals surface area contributed by atoms with Crippen molar-refractivity contribution in [3.63, 3.8) is 0 Å². The van der Waals surface area contributed by atoms with E-state index in [9.17, 15) is 0 Å². The fourth-order valence-corrected chi connectivity index (χ4v) is 3.94. The van der Waals surface area contributed by atoms with Crippen molar-refractivity contribution in [3.8, 4) is 0 Å². The summed E-state index contributed by atoms with van der Waals surface area (Å²) in [6.07, 6.45) is 8.23. The summed E-state index contributed by atoms with van der Waals surface area (Å²) in [5, 5.41) is 6.11. The van der Waals surface area contributed by atoms with Gasteiger partial charge in [-0.15, -0.1) is 11.3 Å². The first kappa shape index (κ1) is 13.8. The lowest BCUT2D eigenvalue weighted by atomic mass is 10.0. The lowest BCUT2D eigenvalue weighted by Crippen LogP contribution is -2.32. The van der Waals surface area contributed by atoms with Crippen molar-refractivity contribution in [1.29, 1.82) is 0 Å². The molecule has 1 unspecified atom stereocenters. The lowest BCUT2D eigenvalue weighted by Gasteiger charge is -2.25. The molecule has 0 amide bonds. The van der Waals surface area contributed by atoms with Crippen LogP contribution in [0.4, 0.5) is 0 Å². The molecular formula is C18H23NS. The Morgan fingerprint density at radius 1 is 0.900 bits per heavy atom. The number of rotatable bonds is 4. The van der Waals surface area contributed by atoms with Gasteiger partial charge in [0, 0.05) is 10.9 Å². The van der Waals surface area contributed by atoms with Gasteiger partial charge in [0.1, 0.15) is 0 Å². The average molecular weight is 285 g/mol. The molecule has 0 aliphatic heterocycles. The van der Waals surface area contributed by atoms with Crippen molar-refractivity contribution in [2.45, 2.75) is 50.6 Å². The summed E-state index contributed by atoms with van der Waals surface area (Å²) >= 11 is 1.86. The number of hydrogen-bond donors (Lipinski definition) is 1. The predicted octanol–water partition coefficient (Wildman–Crippen LogP) is 5.15. The van der Waals surface area contributed by atoms with Gasteiger partial charge in [0.15, 0.2) is 0 Å². The molecule has 0 spiro atoms. The summed E-state index contributed by atoms with van der Waals surface area (Å²) in [7, 11) is 0. The number of thiophene rings is 1. The third-order valence-electron chi connectivity index (χ3n) is 4.22. The molecular weight excluding hydrogens is 262 g/mol. The van der Waals surface area contributed by atoms with Gasteiger partial charge in [-0.1, -0.05) is 62.1 Å². The Morgan fingerprint density at radius 2 is 1.65 bits per heavy atom. The molecule has 1 heterocycles. The van der Waals surface area contributed by atoms with Gasteiger partial charge in [0.25, 0.3) is 0 Å². The molecule has 1 aromatic heterocycles. The van der Waals surface area contributed by atoms with Crippen LogP contribution in [-0.4, -0.2) is 6.04 Å². The van der Waals surface area contributed by atoms with Crippen LogP contribution in [0, 0.1) is 0 Å². The number of nitrogens with one attached hydrogen (secondary N) is 1. The van der Waals surface area contributed by atoms with Gasteiger partial charge >= 0.3 is 0 Å². The smallest absolute Gasteiger partial charge is 0.0673 e. The molecule has 106 valence electrons. The van der Waals surface area contributed by atoms with E-state index in [0.29, 0.717) is 12.1 Å². The first-order chi connectivity index (χ1) is 9.93. The molecule has 1 saturated carbocycles. The summed E-state index contributed by atoms with van der Waals surface area (Å²) in [4.78, 5) is 1.43. The zero-order valence-corrected chi connectivity index (χ0v) is 12.7. The second-order valence-electron chi connectivity index (χ2n) is 5.71. The molecule has 0 saturated heterocycles. The van der Waals surface area contributed by atoms with Crippen LogP contribution in [0.2, 0.25) is 0 Å². The third-order valence-corrected chi connectivity index (χ3v) is 5.16. The summed E-state index contributed by atoms with van der Waals surface area (Å²) in [5.74, 6) is 0. The molecule has 1 aromatic carbocycles. The van der Waals surface area contributed by atoms with E-state index >= 15 is 0 Å². The van der Waals surface area contributed by atoms with Crippen LogP contribution < -0.4 is 5.32 Å². The Kier molecular flexibility index (Phi) is 4.88. The largest absolute Gasteiger partial charge is 0.303 e. The topological polar surface area (TPSA) is 12.0 Å². The SMILES string of the molecule is c1ccc(C(NC2CCCCCC2)c2cccs2)cc1. The fourth-order valence-electron chi connectivity index (χ4n) is 3.13. The first-order valence-corrected chi connectivity index (χ1v) is 8.66. The van der Waals surface area contributed by atoms with Crippen LogP contribution in [0.5, 0.6) is 0 Å². The van der Waals surface area contributed by atoms with Crippen molar-refractivity contribution in [2.75, 3.05) is 0 Å². The molecule has 1 aliphatic rings. The molecule has 1 N–H and O–H groups in total. The zero-order chi connectivity index (χ0) is 13.6. The highest BCUT2D eigenvalue weighted by atomic mass is 32.1. The monoisotopic (exact) mass is 285 g/mol. The summed E-state index contributed by atoms with van der Waals surface area (Å²) in [6.45, 7) is 0. The molecule has 1 atom stereocenters. The highest BCUT2D eigenvalue weighted by Crippen LogP contribution is 2.28. The summed E-state index contributed by atoms with van der Waals surface area (Å²) in [5.41, 5.74) is 1.39. The highest BCUT2D eigenvalue weighted by molar-refractivity contribution is 7.10. The van der Waals surface area contributed by atoms with Gasteiger partial charge in [0.2, 0.25) is 0 Å². The van der Waals surface area contributed by atoms with Gasteiger partial charge in [-0.3, -0.25) is 0 Å². The molecule has 2 heteroatoms. The Morgan fingerprint density at radius 3 is 2.30 bits per heavy atom. The quantitative estimate of drug-likeness (QED) is 0.766. The minimum atomic E-state index is 0.360. The van der Waals surface area contributed by atoms with Gasteiger partial charge in [-0.25, -0.2) is 0 Å². The van der Waals surface area contributed by atoms with E-state index in [0.717, 1.165) is 0 Å². The van der Waals surface area contributed by atoms with Gasteiger partial charge in [-0.05, 0) is 29.9 Å². The minimum Gasteiger partial charge on any atom is -0.303 e. The maximum atomic E-state index is 3.93. The summed E-state index contributed by atoms with van der Waals surface area (Å²) < 4.78 is 0. The molecule has 2 aromatic rings. The molecule has 0 radical (unpaired) electrons. The molecule has 20 heavy (non-hydrogen) atoms. The minimum absolute atomic E-state index is 0.360. The van der Waals surface area contributed by atoms with Crippen LogP contribution in [0.15, 0.2) is 47.8 Å². The third kappa shape index (κ3) is 3.50. The van der Waals surface area contributed by atoms with Crippen molar-refractivity contribution in [3.05, 3.63) is 58.3 Å². The van der Waals surface area contributed by atoms with Crippen LogP contribution in [0.25, 0.3) is 0 Å². The van der Waals surface area contributed by atoms with Crippen molar-refractivity contribution in [1.82, 2.24) is 5.32 Å². The normalized spacial score (nSPS) is 18.6. The van der Waals surface area contributed by atoms with E-state index in [1.54, 1.807) is 0 Å². The van der Waals surface area contributed by atoms with E-state index in [1.165, 1.54) is 49.0 Å². The summed E-state index contributed by atoms with van der Waals surface area (Å²) in [6, 6.07) is 16.3. The number of benzene rings is 1. The van der Waals surface area contributed by atoms with Crippen molar-refractivity contribution < 1.29 is 0 Å². The first-order valence-electron chi connectivity index (χ1n) is 7.78. The molecule has 0 bridgehead atoms. The van der Waals surface area contributed by atoms with Crippen LogP contribution in [-0.2, 0) is 0 Å². The Balaban J connectivity index is 1.79. The Hall–Kier alpha value is -1.12. The van der Waals surface area contributed by atoms with E-state index in [1.807, 2.05) is 11.3 Å². The van der Waals surface area contributed by atoms with E-state index in [4.69, 9.17) is 0 Å². The van der Waals surface area contributed by atoms with E-state index < -0.39 is 0 Å². The Labute approximate surface area is 126 Å². The van der Waals surface area contributed by atoms with Gasteiger partial charge < -0.3 is 5.32 Å². The van der Waals surface area contributed by atoms with Crippen LogP contribution in [0.3, 0.4) is 0 Å².